The van der Waals surface area contributed by atoms with Gasteiger partial charge in [-0.25, -0.2) is 0 Å². The molecule has 2 heterocycles. The molecule has 0 atom stereocenters. The summed E-state index contributed by atoms with van der Waals surface area (Å²) in [6.07, 6.45) is 0. The Morgan fingerprint density at radius 3 is 2.60 bits per heavy atom. The van der Waals surface area contributed by atoms with Crippen LogP contribution in [-0.2, 0) is 0 Å². The minimum absolute atomic E-state index is 0.697. The van der Waals surface area contributed by atoms with E-state index in [9.17, 15) is 0 Å². The van der Waals surface area contributed by atoms with Crippen molar-refractivity contribution in [3.05, 3.63) is 25.8 Å². The Morgan fingerprint density at radius 1 is 1.20 bits per heavy atom. The Labute approximate surface area is 113 Å². The first-order valence-electron chi connectivity index (χ1n) is 4.38. The molecule has 5 heteroatoms. The van der Waals surface area contributed by atoms with Crippen molar-refractivity contribution < 1.29 is 4.74 Å². The maximum absolute atomic E-state index is 5.59. The highest BCUT2D eigenvalue weighted by Gasteiger charge is 2.12. The van der Waals surface area contributed by atoms with Crippen molar-refractivity contribution in [2.45, 2.75) is 6.92 Å². The summed E-state index contributed by atoms with van der Waals surface area (Å²) in [7, 11) is 0. The second-order valence-corrected chi connectivity index (χ2v) is 7.68. The fourth-order valence-electron chi connectivity index (χ4n) is 1.22. The van der Waals surface area contributed by atoms with Crippen LogP contribution in [-0.4, -0.2) is 6.61 Å². The maximum Gasteiger partial charge on any atom is 0.139 e. The molecule has 0 saturated carbocycles. The summed E-state index contributed by atoms with van der Waals surface area (Å²) in [5, 5.41) is 0. The van der Waals surface area contributed by atoms with Gasteiger partial charge in [0, 0.05) is 10.9 Å². The predicted octanol–water partition coefficient (Wildman–Crippen LogP) is 5.40. The molecule has 0 amide bonds. The molecule has 2 rings (SSSR count). The highest BCUT2D eigenvalue weighted by Crippen LogP contribution is 2.44. The van der Waals surface area contributed by atoms with Crippen LogP contribution >= 0.6 is 54.5 Å². The number of hydrogen-bond acceptors (Lipinski definition) is 3. The molecule has 0 radical (unpaired) electrons. The Kier molecular flexibility index (Phi) is 3.88. The van der Waals surface area contributed by atoms with Gasteiger partial charge in [-0.2, -0.15) is 0 Å². The van der Waals surface area contributed by atoms with Crippen LogP contribution in [0.25, 0.3) is 9.75 Å². The number of hydrogen-bond donors (Lipinski definition) is 0. The van der Waals surface area contributed by atoms with Gasteiger partial charge >= 0.3 is 0 Å². The van der Waals surface area contributed by atoms with Gasteiger partial charge in [0.2, 0.25) is 0 Å². The summed E-state index contributed by atoms with van der Waals surface area (Å²) in [5.74, 6) is 0.962. The average Bonchev–Trinajstić information content (AvgIpc) is 2.73. The fourth-order valence-corrected chi connectivity index (χ4v) is 4.24. The zero-order valence-corrected chi connectivity index (χ0v) is 12.7. The molecule has 0 aromatic carbocycles. The van der Waals surface area contributed by atoms with E-state index < -0.39 is 0 Å². The number of halogens is 2. The molecule has 0 aliphatic rings. The van der Waals surface area contributed by atoms with Crippen LogP contribution in [0.3, 0.4) is 0 Å². The Balaban J connectivity index is 2.42. The standard InChI is InChI=1S/C10H8Br2OS2/c1-2-13-6-5-9(12)15-10(6)7-3-4-8(11)14-7/h3-5H,2H2,1H3. The van der Waals surface area contributed by atoms with Crippen LogP contribution in [0.5, 0.6) is 5.75 Å². The number of ether oxygens (including phenoxy) is 1. The summed E-state index contributed by atoms with van der Waals surface area (Å²) in [6.45, 7) is 2.70. The molecular formula is C10H8Br2OS2. The average molecular weight is 368 g/mol. The Hall–Kier alpha value is 0.160. The SMILES string of the molecule is CCOc1cc(Br)sc1-c1ccc(Br)s1. The van der Waals surface area contributed by atoms with E-state index in [0.717, 1.165) is 13.3 Å². The molecule has 80 valence electrons. The topological polar surface area (TPSA) is 9.23 Å². The summed E-state index contributed by atoms with van der Waals surface area (Å²) < 4.78 is 7.84. The lowest BCUT2D eigenvalue weighted by Gasteiger charge is -2.01. The zero-order chi connectivity index (χ0) is 10.8. The van der Waals surface area contributed by atoms with Gasteiger partial charge in [0.05, 0.1) is 19.1 Å². The number of rotatable bonds is 3. The minimum Gasteiger partial charge on any atom is -0.492 e. The van der Waals surface area contributed by atoms with E-state index in [2.05, 4.69) is 44.0 Å². The van der Waals surface area contributed by atoms with Crippen molar-refractivity contribution >= 4 is 54.5 Å². The normalized spacial score (nSPS) is 10.6. The molecule has 0 N–H and O–H groups in total. The first-order valence-corrected chi connectivity index (χ1v) is 7.60. The second kappa shape index (κ2) is 4.99. The van der Waals surface area contributed by atoms with Crippen LogP contribution in [0.1, 0.15) is 6.92 Å². The van der Waals surface area contributed by atoms with E-state index in [1.54, 1.807) is 22.7 Å². The van der Waals surface area contributed by atoms with Gasteiger partial charge in [0.15, 0.2) is 0 Å². The molecule has 1 nitrogen and oxygen atoms in total. The summed E-state index contributed by atoms with van der Waals surface area (Å²) in [5.41, 5.74) is 0. The lowest BCUT2D eigenvalue weighted by atomic mass is 10.3. The number of thiophene rings is 2. The van der Waals surface area contributed by atoms with Crippen LogP contribution in [0, 0.1) is 0 Å². The van der Waals surface area contributed by atoms with Gasteiger partial charge in [-0.05, 0) is 50.9 Å². The largest absolute Gasteiger partial charge is 0.492 e. The highest BCUT2D eigenvalue weighted by atomic mass is 79.9. The molecule has 0 fully saturated rings. The van der Waals surface area contributed by atoms with Crippen molar-refractivity contribution in [3.8, 4) is 15.5 Å². The fraction of sp³-hybridized carbons (Fsp3) is 0.200. The van der Waals surface area contributed by atoms with E-state index in [1.165, 1.54) is 9.75 Å². The maximum atomic E-state index is 5.59. The van der Waals surface area contributed by atoms with Gasteiger partial charge in [0.1, 0.15) is 5.75 Å². The zero-order valence-electron chi connectivity index (χ0n) is 7.92. The third kappa shape index (κ3) is 2.64. The van der Waals surface area contributed by atoms with Gasteiger partial charge < -0.3 is 4.74 Å². The quantitative estimate of drug-likeness (QED) is 0.705. The van der Waals surface area contributed by atoms with Crippen molar-refractivity contribution in [2.24, 2.45) is 0 Å². The predicted molar refractivity (Wildman–Crippen MR) is 74.2 cm³/mol. The van der Waals surface area contributed by atoms with Crippen LogP contribution in [0.4, 0.5) is 0 Å². The molecule has 0 saturated heterocycles. The van der Waals surface area contributed by atoms with E-state index in [1.807, 2.05) is 13.0 Å². The summed E-state index contributed by atoms with van der Waals surface area (Å²) >= 11 is 10.4. The summed E-state index contributed by atoms with van der Waals surface area (Å²) in [4.78, 5) is 2.43. The minimum atomic E-state index is 0.697. The monoisotopic (exact) mass is 366 g/mol. The Morgan fingerprint density at radius 2 is 2.00 bits per heavy atom. The smallest absolute Gasteiger partial charge is 0.139 e. The molecule has 2 aromatic rings. The third-order valence-electron chi connectivity index (χ3n) is 1.76. The van der Waals surface area contributed by atoms with E-state index in [4.69, 9.17) is 4.74 Å². The first-order chi connectivity index (χ1) is 7.20. The molecule has 15 heavy (non-hydrogen) atoms. The van der Waals surface area contributed by atoms with E-state index in [0.29, 0.717) is 6.61 Å². The van der Waals surface area contributed by atoms with Gasteiger partial charge in [-0.15, -0.1) is 22.7 Å². The molecule has 0 aliphatic carbocycles. The van der Waals surface area contributed by atoms with Crippen LogP contribution in [0.15, 0.2) is 25.8 Å². The van der Waals surface area contributed by atoms with E-state index in [-0.39, 0.29) is 0 Å². The van der Waals surface area contributed by atoms with Crippen LogP contribution < -0.4 is 4.74 Å². The van der Waals surface area contributed by atoms with Crippen LogP contribution in [0.2, 0.25) is 0 Å². The lowest BCUT2D eigenvalue weighted by molar-refractivity contribution is 0.343. The molecule has 0 spiro atoms. The van der Waals surface area contributed by atoms with Crippen molar-refractivity contribution in [3.63, 3.8) is 0 Å². The molecule has 2 aromatic heterocycles. The first kappa shape index (κ1) is 11.6. The highest BCUT2D eigenvalue weighted by molar-refractivity contribution is 9.11. The molecule has 0 aliphatic heterocycles. The molecule has 0 bridgehead atoms. The van der Waals surface area contributed by atoms with Gasteiger partial charge in [0.25, 0.3) is 0 Å². The summed E-state index contributed by atoms with van der Waals surface area (Å²) in [6, 6.07) is 6.19. The third-order valence-corrected chi connectivity index (χ3v) is 5.19. The van der Waals surface area contributed by atoms with Gasteiger partial charge in [-0.1, -0.05) is 0 Å². The molecular weight excluding hydrogens is 360 g/mol. The van der Waals surface area contributed by atoms with Crippen molar-refractivity contribution in [1.29, 1.82) is 0 Å². The van der Waals surface area contributed by atoms with E-state index >= 15 is 0 Å². The molecule has 0 unspecified atom stereocenters. The second-order valence-electron chi connectivity index (χ2n) is 2.78. The van der Waals surface area contributed by atoms with Gasteiger partial charge in [-0.3, -0.25) is 0 Å². The van der Waals surface area contributed by atoms with Crippen molar-refractivity contribution in [1.82, 2.24) is 0 Å². The van der Waals surface area contributed by atoms with Crippen molar-refractivity contribution in [2.75, 3.05) is 6.61 Å². The lowest BCUT2D eigenvalue weighted by Crippen LogP contribution is -1.89. The Bertz CT molecular complexity index is 462.